The van der Waals surface area contributed by atoms with Crippen LogP contribution in [-0.4, -0.2) is 14.2 Å². The lowest BCUT2D eigenvalue weighted by Crippen LogP contribution is -2.13. The van der Waals surface area contributed by atoms with E-state index in [1.54, 1.807) is 54.6 Å². The maximum absolute atomic E-state index is 12.5. The first-order valence-corrected chi connectivity index (χ1v) is 10.2. The number of sulfonamides is 1. The molecular formula is C22H21NO3S. The second kappa shape index (κ2) is 8.18. The number of ketones is 1. The fourth-order valence-electron chi connectivity index (χ4n) is 2.75. The molecule has 0 saturated carbocycles. The van der Waals surface area contributed by atoms with E-state index in [9.17, 15) is 13.2 Å². The molecule has 3 aromatic rings. The van der Waals surface area contributed by atoms with Gasteiger partial charge in [0.25, 0.3) is 10.0 Å². The van der Waals surface area contributed by atoms with Crippen LogP contribution in [0.5, 0.6) is 0 Å². The first kappa shape index (κ1) is 18.9. The van der Waals surface area contributed by atoms with E-state index in [-0.39, 0.29) is 10.7 Å². The summed E-state index contributed by atoms with van der Waals surface area (Å²) in [7, 11) is -3.64. The largest absolute Gasteiger partial charge is 0.294 e. The molecule has 27 heavy (non-hydrogen) atoms. The minimum Gasteiger partial charge on any atom is -0.294 e. The molecule has 0 heterocycles. The van der Waals surface area contributed by atoms with Gasteiger partial charge in [-0.25, -0.2) is 8.42 Å². The molecule has 0 aliphatic rings. The number of carbonyl (C=O) groups excluding carboxylic acids is 1. The Kier molecular flexibility index (Phi) is 5.72. The van der Waals surface area contributed by atoms with Gasteiger partial charge in [-0.3, -0.25) is 9.52 Å². The number of aryl methyl sites for hydroxylation is 2. The number of benzene rings is 3. The summed E-state index contributed by atoms with van der Waals surface area (Å²) in [6.45, 7) is 1.91. The number of Topliss-reactive ketones (excluding diaryl/α,β-unsaturated/α-hetero) is 1. The van der Waals surface area contributed by atoms with E-state index in [4.69, 9.17) is 0 Å². The number of hydrogen-bond donors (Lipinski definition) is 1. The van der Waals surface area contributed by atoms with Crippen LogP contribution in [0.1, 0.15) is 27.9 Å². The highest BCUT2D eigenvalue weighted by Gasteiger charge is 2.14. The van der Waals surface area contributed by atoms with E-state index < -0.39 is 10.0 Å². The summed E-state index contributed by atoms with van der Waals surface area (Å²) < 4.78 is 27.6. The van der Waals surface area contributed by atoms with Crippen LogP contribution in [0.2, 0.25) is 0 Å². The van der Waals surface area contributed by atoms with E-state index in [1.165, 1.54) is 0 Å². The topological polar surface area (TPSA) is 63.2 Å². The molecule has 0 fully saturated rings. The van der Waals surface area contributed by atoms with E-state index in [2.05, 4.69) is 4.72 Å². The van der Waals surface area contributed by atoms with Gasteiger partial charge >= 0.3 is 0 Å². The zero-order valence-corrected chi connectivity index (χ0v) is 15.9. The fourth-order valence-corrected chi connectivity index (χ4v) is 3.80. The SMILES string of the molecule is Cc1ccc(S(=O)(=O)Nc2cccc(CCC(=O)c3ccccc3)c2)cc1. The van der Waals surface area contributed by atoms with Gasteiger partial charge in [0, 0.05) is 17.7 Å². The summed E-state index contributed by atoms with van der Waals surface area (Å²) in [4.78, 5) is 12.5. The lowest BCUT2D eigenvalue weighted by atomic mass is 10.0. The standard InChI is InChI=1S/C22H21NO3S/c1-17-10-13-21(14-11-17)27(25,26)23-20-9-5-6-18(16-20)12-15-22(24)19-7-3-2-4-8-19/h2-11,13-14,16,23H,12,15H2,1H3. The third kappa shape index (κ3) is 5.05. The van der Waals surface area contributed by atoms with Gasteiger partial charge in [0.15, 0.2) is 5.78 Å². The minimum atomic E-state index is -3.64. The van der Waals surface area contributed by atoms with Crippen LogP contribution in [0.3, 0.4) is 0 Å². The van der Waals surface area contributed by atoms with E-state index in [0.29, 0.717) is 24.1 Å². The van der Waals surface area contributed by atoms with Crippen LogP contribution >= 0.6 is 0 Å². The van der Waals surface area contributed by atoms with Gasteiger partial charge in [-0.2, -0.15) is 0 Å². The summed E-state index contributed by atoms with van der Waals surface area (Å²) in [6.07, 6.45) is 0.923. The number of carbonyl (C=O) groups is 1. The molecule has 138 valence electrons. The molecular weight excluding hydrogens is 358 g/mol. The molecule has 0 atom stereocenters. The molecule has 0 aliphatic carbocycles. The number of anilines is 1. The van der Waals surface area contributed by atoms with Gasteiger partial charge in [-0.05, 0) is 43.2 Å². The van der Waals surface area contributed by atoms with Crippen molar-refractivity contribution in [1.82, 2.24) is 0 Å². The first-order valence-electron chi connectivity index (χ1n) is 8.71. The summed E-state index contributed by atoms with van der Waals surface area (Å²) in [6, 6.07) is 23.0. The Hall–Kier alpha value is -2.92. The maximum Gasteiger partial charge on any atom is 0.261 e. The van der Waals surface area contributed by atoms with E-state index in [1.807, 2.05) is 31.2 Å². The summed E-state index contributed by atoms with van der Waals surface area (Å²) >= 11 is 0. The van der Waals surface area contributed by atoms with Crippen molar-refractivity contribution in [3.8, 4) is 0 Å². The molecule has 3 rings (SSSR count). The van der Waals surface area contributed by atoms with Gasteiger partial charge in [0.05, 0.1) is 4.90 Å². The van der Waals surface area contributed by atoms with E-state index in [0.717, 1.165) is 11.1 Å². The average Bonchev–Trinajstić information content (AvgIpc) is 2.67. The quantitative estimate of drug-likeness (QED) is 0.610. The lowest BCUT2D eigenvalue weighted by molar-refractivity contribution is 0.0983. The van der Waals surface area contributed by atoms with E-state index >= 15 is 0 Å². The fraction of sp³-hybridized carbons (Fsp3) is 0.136. The Morgan fingerprint density at radius 3 is 2.30 bits per heavy atom. The smallest absolute Gasteiger partial charge is 0.261 e. The highest BCUT2D eigenvalue weighted by molar-refractivity contribution is 7.92. The van der Waals surface area contributed by atoms with Crippen LogP contribution in [0.4, 0.5) is 5.69 Å². The molecule has 0 aromatic heterocycles. The van der Waals surface area contributed by atoms with Crippen LogP contribution in [-0.2, 0) is 16.4 Å². The Labute approximate surface area is 159 Å². The van der Waals surface area contributed by atoms with Crippen molar-refractivity contribution in [1.29, 1.82) is 0 Å². The molecule has 5 heteroatoms. The van der Waals surface area contributed by atoms with Crippen LogP contribution in [0.25, 0.3) is 0 Å². The van der Waals surface area contributed by atoms with Crippen molar-refractivity contribution in [2.75, 3.05) is 4.72 Å². The number of nitrogens with one attached hydrogen (secondary N) is 1. The predicted molar refractivity (Wildman–Crippen MR) is 108 cm³/mol. The van der Waals surface area contributed by atoms with Crippen molar-refractivity contribution in [2.24, 2.45) is 0 Å². The van der Waals surface area contributed by atoms with Crippen LogP contribution < -0.4 is 4.72 Å². The monoisotopic (exact) mass is 379 g/mol. The van der Waals surface area contributed by atoms with Gasteiger partial charge in [-0.15, -0.1) is 0 Å². The average molecular weight is 379 g/mol. The molecule has 0 saturated heterocycles. The Bertz CT molecular complexity index is 1030. The third-order valence-electron chi connectivity index (χ3n) is 4.25. The predicted octanol–water partition coefficient (Wildman–Crippen LogP) is 4.61. The zero-order valence-electron chi connectivity index (χ0n) is 15.1. The highest BCUT2D eigenvalue weighted by atomic mass is 32.2. The second-order valence-electron chi connectivity index (χ2n) is 6.41. The van der Waals surface area contributed by atoms with Gasteiger partial charge in [0.1, 0.15) is 0 Å². The molecule has 0 amide bonds. The lowest BCUT2D eigenvalue weighted by Gasteiger charge is -2.10. The Balaban J connectivity index is 1.68. The number of rotatable bonds is 7. The van der Waals surface area contributed by atoms with Crippen molar-refractivity contribution in [2.45, 2.75) is 24.7 Å². The molecule has 0 aliphatic heterocycles. The zero-order chi connectivity index (χ0) is 19.3. The van der Waals surface area contributed by atoms with Gasteiger partial charge in [-0.1, -0.05) is 60.2 Å². The Morgan fingerprint density at radius 2 is 1.59 bits per heavy atom. The highest BCUT2D eigenvalue weighted by Crippen LogP contribution is 2.19. The molecule has 0 radical (unpaired) electrons. The molecule has 4 nitrogen and oxygen atoms in total. The third-order valence-corrected chi connectivity index (χ3v) is 5.64. The van der Waals surface area contributed by atoms with Crippen LogP contribution in [0, 0.1) is 6.92 Å². The molecule has 3 aromatic carbocycles. The van der Waals surface area contributed by atoms with Crippen molar-refractivity contribution in [3.05, 3.63) is 95.6 Å². The summed E-state index contributed by atoms with van der Waals surface area (Å²) in [5.74, 6) is 0.0706. The molecule has 0 spiro atoms. The van der Waals surface area contributed by atoms with Crippen molar-refractivity contribution >= 4 is 21.5 Å². The second-order valence-corrected chi connectivity index (χ2v) is 8.09. The number of hydrogen-bond acceptors (Lipinski definition) is 3. The maximum atomic E-state index is 12.5. The van der Waals surface area contributed by atoms with Crippen molar-refractivity contribution in [3.63, 3.8) is 0 Å². The summed E-state index contributed by atoms with van der Waals surface area (Å²) in [5.41, 5.74) is 3.08. The summed E-state index contributed by atoms with van der Waals surface area (Å²) in [5, 5.41) is 0. The van der Waals surface area contributed by atoms with Crippen LogP contribution in [0.15, 0.2) is 83.8 Å². The Morgan fingerprint density at radius 1 is 0.889 bits per heavy atom. The first-order chi connectivity index (χ1) is 12.9. The van der Waals surface area contributed by atoms with Gasteiger partial charge in [0.2, 0.25) is 0 Å². The molecule has 1 N–H and O–H groups in total. The molecule has 0 unspecified atom stereocenters. The normalized spacial score (nSPS) is 11.1. The van der Waals surface area contributed by atoms with Gasteiger partial charge < -0.3 is 0 Å². The molecule has 0 bridgehead atoms. The van der Waals surface area contributed by atoms with Crippen molar-refractivity contribution < 1.29 is 13.2 Å². The minimum absolute atomic E-state index is 0.0706.